The molecule has 1 radical (unpaired) electrons. The van der Waals surface area contributed by atoms with E-state index in [1.54, 1.807) is 84.0 Å². The number of hydrogen-bond donors (Lipinski definition) is 2. The fraction of sp³-hybridized carbons (Fsp3) is 0.511. The molecule has 0 aromatic heterocycles. The van der Waals surface area contributed by atoms with Crippen molar-refractivity contribution in [3.63, 3.8) is 0 Å². The van der Waals surface area contributed by atoms with E-state index in [1.165, 1.54) is 0 Å². The van der Waals surface area contributed by atoms with Crippen LogP contribution in [0.1, 0.15) is 115 Å². The van der Waals surface area contributed by atoms with E-state index in [2.05, 4.69) is 14.9 Å². The van der Waals surface area contributed by atoms with Gasteiger partial charge in [0.25, 0.3) is 8.53 Å². The first kappa shape index (κ1) is 55.0. The molecule has 0 fully saturated rings. The second-order valence-electron chi connectivity index (χ2n) is 17.9. The molecule has 0 aliphatic carbocycles. The maximum absolute atomic E-state index is 13.2. The number of carbonyl (C=O) groups excluding carboxylic acids is 4. The zero-order valence-electron chi connectivity index (χ0n) is 39.0. The van der Waals surface area contributed by atoms with Crippen molar-refractivity contribution >= 4 is 32.8 Å². The molecule has 5 rings (SSSR count). The van der Waals surface area contributed by atoms with Crippen molar-refractivity contribution in [3.8, 4) is 29.1 Å². The number of carbonyl (C=O) groups is 4. The Labute approximate surface area is 396 Å². The molecule has 0 bridgehead atoms. The maximum Gasteiger partial charge on any atom is 0.340 e. The van der Waals surface area contributed by atoms with E-state index >= 15 is 0 Å². The van der Waals surface area contributed by atoms with Crippen LogP contribution < -0.4 is 19.5 Å². The van der Waals surface area contributed by atoms with Gasteiger partial charge < -0.3 is 38.0 Å². The van der Waals surface area contributed by atoms with Crippen molar-refractivity contribution in [3.05, 3.63) is 82.4 Å². The summed E-state index contributed by atoms with van der Waals surface area (Å²) in [4.78, 5) is 52.7. The van der Waals surface area contributed by atoms with Crippen molar-refractivity contribution in [1.29, 1.82) is 5.26 Å². The van der Waals surface area contributed by atoms with Crippen LogP contribution in [0.4, 0.5) is 0 Å². The van der Waals surface area contributed by atoms with Crippen LogP contribution in [0, 0.1) is 29.1 Å². The zero-order valence-corrected chi connectivity index (χ0v) is 42.3. The average molecular weight is 1100 g/mol. The van der Waals surface area contributed by atoms with E-state index in [0.29, 0.717) is 71.2 Å². The van der Waals surface area contributed by atoms with Crippen LogP contribution in [0.15, 0.2) is 54.6 Å². The number of benzene rings is 3. The Morgan fingerprint density at radius 3 is 1.92 bits per heavy atom. The number of nitrogens with one attached hydrogen (secondary N) is 1. The number of nitrogens with zero attached hydrogens (tertiary/aromatic N) is 2. The molecule has 65 heavy (non-hydrogen) atoms. The smallest absolute Gasteiger partial charge is 0.340 e. The van der Waals surface area contributed by atoms with Gasteiger partial charge in [-0.05, 0) is 113 Å². The number of ether oxygens (including phenoxy) is 5. The van der Waals surface area contributed by atoms with Crippen molar-refractivity contribution in [2.24, 2.45) is 10.8 Å². The van der Waals surface area contributed by atoms with Gasteiger partial charge in [-0.3, -0.25) is 19.6 Å². The molecule has 2 heterocycles. The topological polar surface area (TPSA) is 201 Å². The van der Waals surface area contributed by atoms with E-state index < -0.39 is 49.0 Å². The van der Waals surface area contributed by atoms with Crippen LogP contribution in [0.2, 0.25) is 0 Å². The van der Waals surface area contributed by atoms with E-state index in [0.717, 1.165) is 5.56 Å². The van der Waals surface area contributed by atoms with Crippen LogP contribution in [0.3, 0.4) is 0 Å². The van der Waals surface area contributed by atoms with Gasteiger partial charge in [-0.15, -0.1) is 0 Å². The minimum atomic E-state index is -1.44. The molecule has 0 saturated heterocycles. The standard InChI is InChI=1S/C31H30O7.C16H32N3O6P.Ir/c1-17-8-11-21-20(14-17)26(32)38-31(21)22-12-9-18(35-27(33)29(2,3)4)15-24(22)37-25-16-19(10-13-23(25)31)36-28(34)30(5,6)7;1-14(2)19(15(3)4)26(24-10-5-7-17)25-16(12-23-21)11-22-9-6-8-18-13-20;/h8-16H,1-7H3;13-16,21H,5-6,8-12H2,1-4H3,(H,18,20);. The van der Waals surface area contributed by atoms with Gasteiger partial charge in [0.2, 0.25) is 6.41 Å². The van der Waals surface area contributed by atoms with Gasteiger partial charge in [0.15, 0.2) is 5.60 Å². The minimum Gasteiger partial charge on any atom is -0.456 e. The third kappa shape index (κ3) is 14.3. The molecule has 2 unspecified atom stereocenters. The normalized spacial score (nSPS) is 14.3. The van der Waals surface area contributed by atoms with Crippen LogP contribution in [0.5, 0.6) is 23.0 Å². The molecular formula is C47H62IrN3O13P. The third-order valence-electron chi connectivity index (χ3n) is 9.71. The van der Waals surface area contributed by atoms with E-state index in [-0.39, 0.29) is 58.4 Å². The Morgan fingerprint density at radius 1 is 0.877 bits per heavy atom. The molecular weight excluding hydrogens is 1040 g/mol. The summed E-state index contributed by atoms with van der Waals surface area (Å²) >= 11 is 0. The molecule has 2 N–H and O–H groups in total. The summed E-state index contributed by atoms with van der Waals surface area (Å²) < 4.78 is 43.1. The van der Waals surface area contributed by atoms with Crippen LogP contribution >= 0.6 is 8.53 Å². The molecule has 16 nitrogen and oxygen atoms in total. The van der Waals surface area contributed by atoms with Crippen molar-refractivity contribution in [2.45, 2.75) is 113 Å². The van der Waals surface area contributed by atoms with E-state index in [9.17, 15) is 19.2 Å². The molecule has 1 amide bonds. The van der Waals surface area contributed by atoms with Gasteiger partial charge in [-0.25, -0.2) is 14.4 Å². The summed E-state index contributed by atoms with van der Waals surface area (Å²) in [6, 6.07) is 18.1. The molecule has 357 valence electrons. The molecule has 2 aliphatic heterocycles. The number of amides is 1. The molecule has 18 heteroatoms. The van der Waals surface area contributed by atoms with Gasteiger partial charge in [0, 0.05) is 74.2 Å². The summed E-state index contributed by atoms with van der Waals surface area (Å²) in [7, 11) is -1.44. The van der Waals surface area contributed by atoms with Crippen LogP contribution in [-0.2, 0) is 63.5 Å². The summed E-state index contributed by atoms with van der Waals surface area (Å²) in [6.45, 7) is 22.1. The Kier molecular flexibility index (Phi) is 20.7. The van der Waals surface area contributed by atoms with Crippen LogP contribution in [0.25, 0.3) is 0 Å². The van der Waals surface area contributed by atoms with Crippen molar-refractivity contribution in [1.82, 2.24) is 9.99 Å². The zero-order chi connectivity index (χ0) is 47.4. The van der Waals surface area contributed by atoms with Crippen molar-refractivity contribution in [2.75, 3.05) is 33.0 Å². The third-order valence-corrected chi connectivity index (χ3v) is 11.9. The summed E-state index contributed by atoms with van der Waals surface area (Å²) in [5, 5.41) is 20.1. The van der Waals surface area contributed by atoms with Gasteiger partial charge in [0.1, 0.15) is 35.7 Å². The number of nitriles is 1. The number of esters is 3. The molecule has 3 aromatic carbocycles. The first-order chi connectivity index (χ1) is 30.2. The monoisotopic (exact) mass is 1100 g/mol. The van der Waals surface area contributed by atoms with Gasteiger partial charge >= 0.3 is 17.9 Å². The number of rotatable bonds is 19. The maximum atomic E-state index is 13.2. The van der Waals surface area contributed by atoms with Gasteiger partial charge in [-0.2, -0.15) is 5.26 Å². The fourth-order valence-corrected chi connectivity index (χ4v) is 8.30. The Balaban J connectivity index is 0.000000368. The second-order valence-corrected chi connectivity index (χ2v) is 19.3. The molecule has 2 aliphatic rings. The average Bonchev–Trinajstić information content (AvgIpc) is 3.49. The molecule has 0 saturated carbocycles. The molecule has 1 spiro atoms. The van der Waals surface area contributed by atoms with E-state index in [1.807, 2.05) is 52.8 Å². The molecule has 2 atom stereocenters. The predicted octanol–water partition coefficient (Wildman–Crippen LogP) is 8.75. The minimum absolute atomic E-state index is 0. The fourth-order valence-electron chi connectivity index (χ4n) is 6.61. The number of aryl methyl sites for hydroxylation is 1. The summed E-state index contributed by atoms with van der Waals surface area (Å²) in [5.74, 6) is 0.0706. The summed E-state index contributed by atoms with van der Waals surface area (Å²) in [6.07, 6.45) is 1.06. The first-order valence-corrected chi connectivity index (χ1v) is 22.3. The van der Waals surface area contributed by atoms with E-state index in [4.69, 9.17) is 43.3 Å². The Morgan fingerprint density at radius 2 is 1.43 bits per heavy atom. The quantitative estimate of drug-likeness (QED) is 0.0219. The van der Waals surface area contributed by atoms with Crippen LogP contribution in [-0.4, -0.2) is 85.4 Å². The van der Waals surface area contributed by atoms with Gasteiger partial charge in [0.05, 0.1) is 42.1 Å². The molecule has 3 aromatic rings. The Hall–Kier alpha value is -4.33. The Bertz CT molecular complexity index is 2060. The second kappa shape index (κ2) is 24.4. The number of hydrogen-bond acceptors (Lipinski definition) is 15. The number of fused-ring (bicyclic) bond motifs is 6. The predicted molar refractivity (Wildman–Crippen MR) is 238 cm³/mol. The first-order valence-electron chi connectivity index (χ1n) is 21.2. The SMILES string of the molecule is CC(C)N(C(C)C)P(OCCC#N)OC(COO)COCCCNC=O.Cc1ccc2c(c1)C(=O)OC21c2ccc(OC(=O)C(C)(C)C)cc2Oc2cc(OC(=O)C(C)(C)C)ccc21.[Ir]. The largest absolute Gasteiger partial charge is 0.456 e. The summed E-state index contributed by atoms with van der Waals surface area (Å²) in [5.41, 5.74) is 0.573. The van der Waals surface area contributed by atoms with Crippen molar-refractivity contribution < 1.29 is 82.2 Å². The van der Waals surface area contributed by atoms with Gasteiger partial charge in [-0.1, -0.05) is 17.7 Å².